The molecule has 2 unspecified atom stereocenters. The molecular formula is C13H20N2O3S. The molecule has 0 amide bonds. The van der Waals surface area contributed by atoms with Crippen molar-refractivity contribution in [1.29, 1.82) is 0 Å². The third kappa shape index (κ3) is 2.69. The van der Waals surface area contributed by atoms with Gasteiger partial charge in [-0.05, 0) is 43.9 Å². The molecule has 2 rings (SSSR count). The summed E-state index contributed by atoms with van der Waals surface area (Å²) in [6.45, 7) is 4.51. The van der Waals surface area contributed by atoms with Gasteiger partial charge in [-0.2, -0.15) is 4.31 Å². The third-order valence-corrected chi connectivity index (χ3v) is 5.64. The molecule has 1 aromatic rings. The highest BCUT2D eigenvalue weighted by Crippen LogP contribution is 2.30. The predicted octanol–water partition coefficient (Wildman–Crippen LogP) is 1.78. The maximum atomic E-state index is 12.6. The number of phenolic OH excluding ortho intramolecular Hbond substituents is 1. The van der Waals surface area contributed by atoms with E-state index in [4.69, 9.17) is 5.73 Å². The van der Waals surface area contributed by atoms with E-state index in [1.165, 1.54) is 22.5 Å². The summed E-state index contributed by atoms with van der Waals surface area (Å²) in [6, 6.07) is 4.03. The van der Waals surface area contributed by atoms with Crippen molar-refractivity contribution in [2.24, 2.45) is 5.92 Å². The third-order valence-electron chi connectivity index (χ3n) is 3.67. The van der Waals surface area contributed by atoms with Gasteiger partial charge >= 0.3 is 0 Å². The first kappa shape index (κ1) is 14.1. The molecule has 0 aliphatic carbocycles. The van der Waals surface area contributed by atoms with Crippen LogP contribution in [0.2, 0.25) is 0 Å². The number of hydrogen-bond acceptors (Lipinski definition) is 4. The van der Waals surface area contributed by atoms with Gasteiger partial charge in [-0.3, -0.25) is 0 Å². The van der Waals surface area contributed by atoms with Gasteiger partial charge in [0.1, 0.15) is 5.75 Å². The number of benzene rings is 1. The molecule has 0 aromatic heterocycles. The van der Waals surface area contributed by atoms with E-state index in [2.05, 4.69) is 6.92 Å². The van der Waals surface area contributed by atoms with Crippen molar-refractivity contribution in [2.45, 2.75) is 37.6 Å². The second-order valence-electron chi connectivity index (χ2n) is 5.33. The number of sulfonamides is 1. The van der Waals surface area contributed by atoms with Crippen molar-refractivity contribution in [3.63, 3.8) is 0 Å². The van der Waals surface area contributed by atoms with Gasteiger partial charge < -0.3 is 10.8 Å². The fourth-order valence-corrected chi connectivity index (χ4v) is 4.23. The van der Waals surface area contributed by atoms with E-state index < -0.39 is 10.0 Å². The average molecular weight is 284 g/mol. The Balaban J connectivity index is 2.38. The van der Waals surface area contributed by atoms with Gasteiger partial charge in [0.25, 0.3) is 0 Å². The fraction of sp³-hybridized carbons (Fsp3) is 0.538. The average Bonchev–Trinajstić information content (AvgIpc) is 2.35. The molecule has 0 saturated carbocycles. The lowest BCUT2D eigenvalue weighted by Crippen LogP contribution is -2.44. The lowest BCUT2D eigenvalue weighted by atomic mass is 9.97. The van der Waals surface area contributed by atoms with E-state index in [1.54, 1.807) is 0 Å². The second-order valence-corrected chi connectivity index (χ2v) is 7.22. The smallest absolute Gasteiger partial charge is 0.243 e. The van der Waals surface area contributed by atoms with Crippen molar-refractivity contribution in [1.82, 2.24) is 4.31 Å². The van der Waals surface area contributed by atoms with E-state index in [0.717, 1.165) is 12.8 Å². The molecule has 6 heteroatoms. The van der Waals surface area contributed by atoms with E-state index in [-0.39, 0.29) is 22.4 Å². The van der Waals surface area contributed by atoms with Gasteiger partial charge in [0.05, 0.1) is 10.6 Å². The molecule has 1 aromatic carbocycles. The topological polar surface area (TPSA) is 83.6 Å². The van der Waals surface area contributed by atoms with Crippen molar-refractivity contribution in [3.8, 4) is 5.75 Å². The molecule has 19 heavy (non-hydrogen) atoms. The summed E-state index contributed by atoms with van der Waals surface area (Å²) in [5, 5.41) is 9.38. The van der Waals surface area contributed by atoms with Crippen LogP contribution in [0, 0.1) is 5.92 Å². The van der Waals surface area contributed by atoms with Crippen LogP contribution >= 0.6 is 0 Å². The van der Waals surface area contributed by atoms with Crippen molar-refractivity contribution < 1.29 is 13.5 Å². The Morgan fingerprint density at radius 3 is 2.63 bits per heavy atom. The SMILES string of the molecule is CC1CCC(C)N(S(=O)(=O)c2ccc(O)c(N)c2)C1. The molecule has 3 N–H and O–H groups in total. The Bertz CT molecular complexity index is 571. The standard InChI is InChI=1S/C13H20N2O3S/c1-9-3-4-10(2)15(8-9)19(17,18)11-5-6-13(16)12(14)7-11/h5-7,9-10,16H,3-4,8,14H2,1-2H3. The van der Waals surface area contributed by atoms with E-state index in [9.17, 15) is 13.5 Å². The molecule has 1 fully saturated rings. The van der Waals surface area contributed by atoms with Crippen LogP contribution in [0.3, 0.4) is 0 Å². The number of anilines is 1. The zero-order chi connectivity index (χ0) is 14.2. The largest absolute Gasteiger partial charge is 0.506 e. The lowest BCUT2D eigenvalue weighted by Gasteiger charge is -2.35. The molecule has 106 valence electrons. The summed E-state index contributed by atoms with van der Waals surface area (Å²) in [5.74, 6) is 0.263. The monoisotopic (exact) mass is 284 g/mol. The Morgan fingerprint density at radius 1 is 1.32 bits per heavy atom. The number of nitrogens with zero attached hydrogens (tertiary/aromatic N) is 1. The zero-order valence-electron chi connectivity index (χ0n) is 11.2. The highest BCUT2D eigenvalue weighted by Gasteiger charge is 2.33. The van der Waals surface area contributed by atoms with Crippen LogP contribution in [0.4, 0.5) is 5.69 Å². The molecule has 0 spiro atoms. The molecule has 1 aliphatic heterocycles. The van der Waals surface area contributed by atoms with Crippen LogP contribution in [-0.4, -0.2) is 30.4 Å². The number of phenols is 1. The number of hydrogen-bond donors (Lipinski definition) is 2. The minimum atomic E-state index is -3.54. The van der Waals surface area contributed by atoms with Crippen molar-refractivity contribution in [2.75, 3.05) is 12.3 Å². The normalized spacial score (nSPS) is 25.4. The lowest BCUT2D eigenvalue weighted by molar-refractivity contribution is 0.218. The number of piperidine rings is 1. The maximum Gasteiger partial charge on any atom is 0.243 e. The van der Waals surface area contributed by atoms with Crippen LogP contribution < -0.4 is 5.73 Å². The Kier molecular flexibility index (Phi) is 3.73. The van der Waals surface area contributed by atoms with Crippen LogP contribution in [0.1, 0.15) is 26.7 Å². The minimum absolute atomic E-state index is 0.00349. The fourth-order valence-electron chi connectivity index (χ4n) is 2.41. The van der Waals surface area contributed by atoms with E-state index >= 15 is 0 Å². The summed E-state index contributed by atoms with van der Waals surface area (Å²) >= 11 is 0. The number of nitrogen functional groups attached to an aromatic ring is 1. The van der Waals surface area contributed by atoms with Crippen molar-refractivity contribution >= 4 is 15.7 Å². The van der Waals surface area contributed by atoms with E-state index in [1.807, 2.05) is 6.92 Å². The summed E-state index contributed by atoms with van der Waals surface area (Å²) in [5.41, 5.74) is 5.66. The van der Waals surface area contributed by atoms with Crippen LogP contribution in [0.25, 0.3) is 0 Å². The first-order chi connectivity index (χ1) is 8.82. The van der Waals surface area contributed by atoms with Crippen molar-refractivity contribution in [3.05, 3.63) is 18.2 Å². The van der Waals surface area contributed by atoms with Gasteiger partial charge in [-0.25, -0.2) is 8.42 Å². The summed E-state index contributed by atoms with van der Waals surface area (Å²) in [7, 11) is -3.54. The first-order valence-corrected chi connectivity index (χ1v) is 7.86. The quantitative estimate of drug-likeness (QED) is 0.640. The summed E-state index contributed by atoms with van der Waals surface area (Å²) in [6.07, 6.45) is 1.92. The highest BCUT2D eigenvalue weighted by atomic mass is 32.2. The Hall–Kier alpha value is -1.27. The number of nitrogens with two attached hydrogens (primary N) is 1. The maximum absolute atomic E-state index is 12.6. The Morgan fingerprint density at radius 2 is 2.00 bits per heavy atom. The van der Waals surface area contributed by atoms with Gasteiger partial charge in [0.2, 0.25) is 10.0 Å². The molecule has 1 aliphatic rings. The highest BCUT2D eigenvalue weighted by molar-refractivity contribution is 7.89. The number of rotatable bonds is 2. The van der Waals surface area contributed by atoms with Crippen LogP contribution in [-0.2, 0) is 10.0 Å². The van der Waals surface area contributed by atoms with E-state index in [0.29, 0.717) is 12.5 Å². The zero-order valence-corrected chi connectivity index (χ0v) is 12.0. The van der Waals surface area contributed by atoms with Gasteiger partial charge in [0.15, 0.2) is 0 Å². The Labute approximate surface area is 114 Å². The molecule has 0 radical (unpaired) electrons. The van der Waals surface area contributed by atoms with Crippen LogP contribution in [0.5, 0.6) is 5.75 Å². The molecule has 0 bridgehead atoms. The minimum Gasteiger partial charge on any atom is -0.506 e. The number of aromatic hydroxyl groups is 1. The predicted molar refractivity (Wildman–Crippen MR) is 74.3 cm³/mol. The van der Waals surface area contributed by atoms with Gasteiger partial charge in [-0.15, -0.1) is 0 Å². The molecule has 5 nitrogen and oxygen atoms in total. The molecular weight excluding hydrogens is 264 g/mol. The second kappa shape index (κ2) is 5.02. The molecule has 2 atom stereocenters. The van der Waals surface area contributed by atoms with Gasteiger partial charge in [0, 0.05) is 12.6 Å². The van der Waals surface area contributed by atoms with Crippen LogP contribution in [0.15, 0.2) is 23.1 Å². The summed E-state index contributed by atoms with van der Waals surface area (Å²) in [4.78, 5) is 0.142. The van der Waals surface area contributed by atoms with Gasteiger partial charge in [-0.1, -0.05) is 6.92 Å². The molecule has 1 saturated heterocycles. The first-order valence-electron chi connectivity index (χ1n) is 6.42. The molecule has 1 heterocycles. The summed E-state index contributed by atoms with van der Waals surface area (Å²) < 4.78 is 26.7.